The first-order valence-electron chi connectivity index (χ1n) is 6.07. The minimum Gasteiger partial charge on any atom is -0.298 e. The van der Waals surface area contributed by atoms with Crippen LogP contribution in [0, 0.1) is 12.7 Å². The van der Waals surface area contributed by atoms with E-state index in [2.05, 4.69) is 10.3 Å². The summed E-state index contributed by atoms with van der Waals surface area (Å²) in [5.41, 5.74) is 1.93. The number of carbonyl (C=O) groups is 1. The standard InChI is InChI=1S/C15H11FN2OS/c1-9-5-4-8-12-13(9)17-15(20-12)18-14(19)10-6-2-3-7-11(10)16/h2-8H,1H3,(H,17,18,19). The zero-order valence-electron chi connectivity index (χ0n) is 10.7. The molecule has 0 unspecified atom stereocenters. The molecule has 3 aromatic rings. The number of halogens is 1. The van der Waals surface area contributed by atoms with E-state index in [1.165, 1.54) is 23.5 Å². The monoisotopic (exact) mass is 286 g/mol. The van der Waals surface area contributed by atoms with Gasteiger partial charge < -0.3 is 0 Å². The smallest absolute Gasteiger partial charge is 0.260 e. The van der Waals surface area contributed by atoms with E-state index >= 15 is 0 Å². The zero-order valence-corrected chi connectivity index (χ0v) is 11.5. The fraction of sp³-hybridized carbons (Fsp3) is 0.0667. The van der Waals surface area contributed by atoms with Gasteiger partial charge in [-0.2, -0.15) is 0 Å². The molecule has 5 heteroatoms. The van der Waals surface area contributed by atoms with Gasteiger partial charge in [0.15, 0.2) is 5.13 Å². The number of fused-ring (bicyclic) bond motifs is 1. The normalized spacial score (nSPS) is 10.7. The van der Waals surface area contributed by atoms with Crippen molar-refractivity contribution < 1.29 is 9.18 Å². The third-order valence-electron chi connectivity index (χ3n) is 2.96. The zero-order chi connectivity index (χ0) is 14.1. The Kier molecular flexibility index (Phi) is 3.20. The van der Waals surface area contributed by atoms with Crippen LogP contribution in [0.15, 0.2) is 42.5 Å². The van der Waals surface area contributed by atoms with Gasteiger partial charge in [-0.15, -0.1) is 0 Å². The van der Waals surface area contributed by atoms with E-state index in [4.69, 9.17) is 0 Å². The van der Waals surface area contributed by atoms with Crippen LogP contribution in [0.25, 0.3) is 10.2 Å². The van der Waals surface area contributed by atoms with Crippen molar-refractivity contribution in [1.29, 1.82) is 0 Å². The van der Waals surface area contributed by atoms with Crippen LogP contribution in [-0.4, -0.2) is 10.9 Å². The van der Waals surface area contributed by atoms with Gasteiger partial charge in [-0.1, -0.05) is 35.6 Å². The lowest BCUT2D eigenvalue weighted by Crippen LogP contribution is -2.13. The quantitative estimate of drug-likeness (QED) is 0.773. The predicted molar refractivity (Wildman–Crippen MR) is 78.7 cm³/mol. The molecule has 100 valence electrons. The maximum absolute atomic E-state index is 13.5. The van der Waals surface area contributed by atoms with Gasteiger partial charge in [0.1, 0.15) is 5.82 Å². The van der Waals surface area contributed by atoms with Crippen LogP contribution in [-0.2, 0) is 0 Å². The van der Waals surface area contributed by atoms with Crippen molar-refractivity contribution in [2.45, 2.75) is 6.92 Å². The molecule has 0 bridgehead atoms. The average molecular weight is 286 g/mol. The van der Waals surface area contributed by atoms with Crippen molar-refractivity contribution in [2.75, 3.05) is 5.32 Å². The highest BCUT2D eigenvalue weighted by Gasteiger charge is 2.13. The number of anilines is 1. The Morgan fingerprint density at radius 2 is 2.00 bits per heavy atom. The van der Waals surface area contributed by atoms with Crippen LogP contribution in [0.4, 0.5) is 9.52 Å². The molecule has 20 heavy (non-hydrogen) atoms. The highest BCUT2D eigenvalue weighted by Crippen LogP contribution is 2.28. The second-order valence-corrected chi connectivity index (χ2v) is 5.41. The van der Waals surface area contributed by atoms with Crippen LogP contribution in [0.5, 0.6) is 0 Å². The van der Waals surface area contributed by atoms with E-state index in [-0.39, 0.29) is 5.56 Å². The van der Waals surface area contributed by atoms with E-state index in [0.29, 0.717) is 5.13 Å². The van der Waals surface area contributed by atoms with E-state index in [1.807, 2.05) is 25.1 Å². The lowest BCUT2D eigenvalue weighted by atomic mass is 10.2. The summed E-state index contributed by atoms with van der Waals surface area (Å²) in [4.78, 5) is 16.4. The van der Waals surface area contributed by atoms with Gasteiger partial charge in [0.05, 0.1) is 15.8 Å². The van der Waals surface area contributed by atoms with Gasteiger partial charge in [-0.3, -0.25) is 10.1 Å². The number of benzene rings is 2. The molecule has 0 aliphatic carbocycles. The molecule has 0 aliphatic rings. The van der Waals surface area contributed by atoms with E-state index in [0.717, 1.165) is 15.8 Å². The number of hydrogen-bond acceptors (Lipinski definition) is 3. The highest BCUT2D eigenvalue weighted by atomic mass is 32.1. The van der Waals surface area contributed by atoms with Crippen LogP contribution in [0.3, 0.4) is 0 Å². The maximum atomic E-state index is 13.5. The van der Waals surface area contributed by atoms with Crippen molar-refractivity contribution in [2.24, 2.45) is 0 Å². The second-order valence-electron chi connectivity index (χ2n) is 4.37. The number of nitrogens with zero attached hydrogens (tertiary/aromatic N) is 1. The summed E-state index contributed by atoms with van der Waals surface area (Å²) in [7, 11) is 0. The molecule has 1 amide bonds. The number of nitrogens with one attached hydrogen (secondary N) is 1. The van der Waals surface area contributed by atoms with Crippen LogP contribution in [0.2, 0.25) is 0 Å². The number of amides is 1. The fourth-order valence-electron chi connectivity index (χ4n) is 1.95. The molecule has 1 heterocycles. The van der Waals surface area contributed by atoms with Gasteiger partial charge in [0, 0.05) is 0 Å². The minimum atomic E-state index is -0.540. The van der Waals surface area contributed by atoms with Crippen molar-refractivity contribution >= 4 is 32.6 Å². The maximum Gasteiger partial charge on any atom is 0.260 e. The Morgan fingerprint density at radius 3 is 2.75 bits per heavy atom. The number of aromatic nitrogens is 1. The molecule has 0 saturated heterocycles. The molecule has 3 rings (SSSR count). The lowest BCUT2D eigenvalue weighted by molar-refractivity contribution is 0.102. The largest absolute Gasteiger partial charge is 0.298 e. The number of para-hydroxylation sites is 1. The third-order valence-corrected chi connectivity index (χ3v) is 3.90. The fourth-order valence-corrected chi connectivity index (χ4v) is 2.89. The predicted octanol–water partition coefficient (Wildman–Crippen LogP) is 4.00. The molecule has 0 spiro atoms. The van der Waals surface area contributed by atoms with Crippen molar-refractivity contribution in [3.8, 4) is 0 Å². The molecular weight excluding hydrogens is 275 g/mol. The van der Waals surface area contributed by atoms with Gasteiger partial charge in [-0.25, -0.2) is 9.37 Å². The molecule has 0 radical (unpaired) electrons. The van der Waals surface area contributed by atoms with Gasteiger partial charge >= 0.3 is 0 Å². The Bertz CT molecular complexity index is 797. The molecular formula is C15H11FN2OS. The first-order valence-corrected chi connectivity index (χ1v) is 6.89. The molecule has 0 aliphatic heterocycles. The first kappa shape index (κ1) is 12.7. The molecule has 0 saturated carbocycles. The summed E-state index contributed by atoms with van der Waals surface area (Å²) in [5, 5.41) is 3.12. The molecule has 0 fully saturated rings. The minimum absolute atomic E-state index is 0.0171. The number of hydrogen-bond donors (Lipinski definition) is 1. The van der Waals surface area contributed by atoms with Crippen molar-refractivity contribution in [3.63, 3.8) is 0 Å². The average Bonchev–Trinajstić information content (AvgIpc) is 2.83. The molecule has 3 nitrogen and oxygen atoms in total. The Labute approximate surface area is 119 Å². The first-order chi connectivity index (χ1) is 9.65. The molecule has 2 aromatic carbocycles. The van der Waals surface area contributed by atoms with E-state index in [1.54, 1.807) is 12.1 Å². The Morgan fingerprint density at radius 1 is 1.20 bits per heavy atom. The number of aryl methyl sites for hydroxylation is 1. The van der Waals surface area contributed by atoms with Crippen LogP contribution >= 0.6 is 11.3 Å². The van der Waals surface area contributed by atoms with Gasteiger partial charge in [0.25, 0.3) is 5.91 Å². The Hall–Kier alpha value is -2.27. The summed E-state index contributed by atoms with van der Waals surface area (Å²) in [6.45, 7) is 1.96. The number of carbonyl (C=O) groups excluding carboxylic acids is 1. The molecule has 0 atom stereocenters. The Balaban J connectivity index is 1.92. The summed E-state index contributed by atoms with van der Waals surface area (Å²) in [5.74, 6) is -1.03. The second kappa shape index (κ2) is 5.02. The number of rotatable bonds is 2. The summed E-state index contributed by atoms with van der Waals surface area (Å²) < 4.78 is 14.5. The molecule has 1 N–H and O–H groups in total. The summed E-state index contributed by atoms with van der Waals surface area (Å²) >= 11 is 1.37. The van der Waals surface area contributed by atoms with Crippen LogP contribution in [0.1, 0.15) is 15.9 Å². The van der Waals surface area contributed by atoms with E-state index < -0.39 is 11.7 Å². The SMILES string of the molecule is Cc1cccc2sc(NC(=O)c3ccccc3F)nc12. The van der Waals surface area contributed by atoms with Crippen molar-refractivity contribution in [1.82, 2.24) is 4.98 Å². The topological polar surface area (TPSA) is 42.0 Å². The molecule has 1 aromatic heterocycles. The van der Waals surface area contributed by atoms with E-state index in [9.17, 15) is 9.18 Å². The number of thiazole rings is 1. The summed E-state index contributed by atoms with van der Waals surface area (Å²) in [6, 6.07) is 11.7. The van der Waals surface area contributed by atoms with Gasteiger partial charge in [0.2, 0.25) is 0 Å². The third kappa shape index (κ3) is 2.28. The van der Waals surface area contributed by atoms with Gasteiger partial charge in [-0.05, 0) is 30.7 Å². The lowest BCUT2D eigenvalue weighted by Gasteiger charge is -2.02. The summed E-state index contributed by atoms with van der Waals surface area (Å²) in [6.07, 6.45) is 0. The highest BCUT2D eigenvalue weighted by molar-refractivity contribution is 7.22. The van der Waals surface area contributed by atoms with Crippen molar-refractivity contribution in [3.05, 3.63) is 59.4 Å². The van der Waals surface area contributed by atoms with Crippen LogP contribution < -0.4 is 5.32 Å².